The fraction of sp³-hybridized carbons (Fsp3) is 0.333. The monoisotopic (exact) mass is 272 g/mol. The molecule has 0 bridgehead atoms. The van der Waals surface area contributed by atoms with Crippen molar-refractivity contribution in [2.75, 3.05) is 0 Å². The van der Waals surface area contributed by atoms with Crippen LogP contribution in [0.4, 0.5) is 0 Å². The van der Waals surface area contributed by atoms with Gasteiger partial charge >= 0.3 is 5.97 Å². The molecule has 3 N–H and O–H groups in total. The van der Waals surface area contributed by atoms with Crippen LogP contribution in [0.2, 0.25) is 0 Å². The molecule has 0 spiro atoms. The number of benzene rings is 1. The molecule has 0 radical (unpaired) electrons. The maximum absolute atomic E-state index is 12.1. The Hall–Kier alpha value is -2.30. The van der Waals surface area contributed by atoms with Crippen molar-refractivity contribution < 1.29 is 14.7 Å². The normalized spacial score (nSPS) is 16.0. The number of amides is 1. The summed E-state index contributed by atoms with van der Waals surface area (Å²) >= 11 is 0. The van der Waals surface area contributed by atoms with Crippen molar-refractivity contribution in [3.63, 3.8) is 0 Å². The average molecular weight is 272 g/mol. The molecule has 1 heterocycles. The highest BCUT2D eigenvalue weighted by molar-refractivity contribution is 5.99. The van der Waals surface area contributed by atoms with E-state index >= 15 is 0 Å². The first-order chi connectivity index (χ1) is 9.63. The molecule has 0 aliphatic heterocycles. The van der Waals surface area contributed by atoms with Gasteiger partial charge in [-0.1, -0.05) is 31.0 Å². The van der Waals surface area contributed by atoms with E-state index in [4.69, 9.17) is 5.11 Å². The Morgan fingerprint density at radius 1 is 1.35 bits per heavy atom. The van der Waals surface area contributed by atoms with E-state index < -0.39 is 12.0 Å². The van der Waals surface area contributed by atoms with Crippen molar-refractivity contribution in [3.05, 3.63) is 36.0 Å². The first-order valence-corrected chi connectivity index (χ1v) is 6.75. The van der Waals surface area contributed by atoms with Gasteiger partial charge in [0, 0.05) is 10.9 Å². The van der Waals surface area contributed by atoms with Crippen LogP contribution < -0.4 is 5.32 Å². The number of carbonyl (C=O) groups excluding carboxylic acids is 1. The van der Waals surface area contributed by atoms with Crippen LogP contribution in [0.5, 0.6) is 0 Å². The summed E-state index contributed by atoms with van der Waals surface area (Å²) < 4.78 is 0. The van der Waals surface area contributed by atoms with E-state index in [9.17, 15) is 9.59 Å². The van der Waals surface area contributed by atoms with Gasteiger partial charge in [-0.05, 0) is 24.5 Å². The molecule has 3 rings (SSSR count). The van der Waals surface area contributed by atoms with Crippen LogP contribution in [-0.2, 0) is 4.79 Å². The summed E-state index contributed by atoms with van der Waals surface area (Å²) in [6.45, 7) is 0. The van der Waals surface area contributed by atoms with Gasteiger partial charge in [-0.3, -0.25) is 4.79 Å². The number of H-pyrrole nitrogens is 1. The van der Waals surface area contributed by atoms with Gasteiger partial charge in [-0.2, -0.15) is 0 Å². The molecule has 5 heteroatoms. The van der Waals surface area contributed by atoms with E-state index in [0.717, 1.165) is 23.7 Å². The van der Waals surface area contributed by atoms with Gasteiger partial charge in [0.15, 0.2) is 0 Å². The number of aromatic nitrogens is 1. The second-order valence-corrected chi connectivity index (χ2v) is 5.31. The van der Waals surface area contributed by atoms with Gasteiger partial charge in [0.2, 0.25) is 0 Å². The zero-order chi connectivity index (χ0) is 14.1. The SMILES string of the molecule is O=C(NC(CC1CC1)C(=O)O)c1cc2ccccc2[nH]1. The predicted octanol–water partition coefficient (Wildman–Crippen LogP) is 2.15. The third-order valence-corrected chi connectivity index (χ3v) is 3.64. The van der Waals surface area contributed by atoms with Gasteiger partial charge in [0.1, 0.15) is 11.7 Å². The molecule has 1 aliphatic rings. The summed E-state index contributed by atoms with van der Waals surface area (Å²) in [5.74, 6) is -0.894. The summed E-state index contributed by atoms with van der Waals surface area (Å²) in [7, 11) is 0. The molecule has 1 aromatic carbocycles. The van der Waals surface area contributed by atoms with E-state index in [-0.39, 0.29) is 5.91 Å². The Morgan fingerprint density at radius 2 is 2.10 bits per heavy atom. The lowest BCUT2D eigenvalue weighted by Crippen LogP contribution is -2.41. The lowest BCUT2D eigenvalue weighted by atomic mass is 10.1. The second kappa shape index (κ2) is 5.00. The molecule has 1 fully saturated rings. The summed E-state index contributed by atoms with van der Waals surface area (Å²) in [5.41, 5.74) is 1.26. The van der Waals surface area contributed by atoms with Crippen LogP contribution in [0, 0.1) is 5.92 Å². The highest BCUT2D eigenvalue weighted by Gasteiger charge is 2.30. The fourth-order valence-electron chi connectivity index (χ4n) is 2.34. The number of fused-ring (bicyclic) bond motifs is 1. The molecule has 1 atom stereocenters. The molecular weight excluding hydrogens is 256 g/mol. The van der Waals surface area contributed by atoms with Crippen LogP contribution in [0.25, 0.3) is 10.9 Å². The summed E-state index contributed by atoms with van der Waals surface area (Å²) in [5, 5.41) is 12.7. The zero-order valence-corrected chi connectivity index (χ0v) is 10.9. The maximum atomic E-state index is 12.1. The highest BCUT2D eigenvalue weighted by atomic mass is 16.4. The standard InChI is InChI=1S/C15H16N2O3/c18-14(17-13(15(19)20)7-9-5-6-9)12-8-10-3-1-2-4-11(10)16-12/h1-4,8-9,13,16H,5-7H2,(H,17,18)(H,19,20). The van der Waals surface area contributed by atoms with Crippen molar-refractivity contribution in [1.82, 2.24) is 10.3 Å². The van der Waals surface area contributed by atoms with Crippen LogP contribution in [0.3, 0.4) is 0 Å². The molecule has 1 saturated carbocycles. The predicted molar refractivity (Wildman–Crippen MR) is 74.5 cm³/mol. The van der Waals surface area contributed by atoms with Crippen LogP contribution in [0.1, 0.15) is 29.8 Å². The van der Waals surface area contributed by atoms with E-state index in [0.29, 0.717) is 18.0 Å². The second-order valence-electron chi connectivity index (χ2n) is 5.31. The van der Waals surface area contributed by atoms with Crippen LogP contribution in [-0.4, -0.2) is 28.0 Å². The van der Waals surface area contributed by atoms with Crippen molar-refractivity contribution in [1.29, 1.82) is 0 Å². The topological polar surface area (TPSA) is 82.2 Å². The number of carbonyl (C=O) groups is 2. The first kappa shape index (κ1) is 12.7. The van der Waals surface area contributed by atoms with E-state index in [2.05, 4.69) is 10.3 Å². The van der Waals surface area contributed by atoms with Crippen molar-refractivity contribution in [2.45, 2.75) is 25.3 Å². The molecule has 1 aromatic heterocycles. The van der Waals surface area contributed by atoms with E-state index in [1.807, 2.05) is 24.3 Å². The summed E-state index contributed by atoms with van der Waals surface area (Å²) in [6.07, 6.45) is 2.64. The summed E-state index contributed by atoms with van der Waals surface area (Å²) in [6, 6.07) is 8.49. The van der Waals surface area contributed by atoms with Gasteiger partial charge in [0.05, 0.1) is 0 Å². The number of carboxylic acid groups (broad SMARTS) is 1. The molecule has 1 amide bonds. The van der Waals surface area contributed by atoms with E-state index in [1.165, 1.54) is 0 Å². The maximum Gasteiger partial charge on any atom is 0.326 e. The lowest BCUT2D eigenvalue weighted by molar-refractivity contribution is -0.139. The largest absolute Gasteiger partial charge is 0.480 e. The molecule has 1 unspecified atom stereocenters. The molecule has 20 heavy (non-hydrogen) atoms. The molecule has 104 valence electrons. The number of aliphatic carboxylic acids is 1. The number of carboxylic acids is 1. The Balaban J connectivity index is 1.75. The number of aromatic amines is 1. The van der Waals surface area contributed by atoms with Gasteiger partial charge in [-0.15, -0.1) is 0 Å². The molecule has 5 nitrogen and oxygen atoms in total. The molecule has 2 aromatic rings. The number of nitrogens with one attached hydrogen (secondary N) is 2. The Kier molecular flexibility index (Phi) is 3.18. The zero-order valence-electron chi connectivity index (χ0n) is 10.9. The number of hydrogen-bond donors (Lipinski definition) is 3. The smallest absolute Gasteiger partial charge is 0.326 e. The quantitative estimate of drug-likeness (QED) is 0.780. The molecular formula is C15H16N2O3. The minimum atomic E-state index is -0.971. The minimum Gasteiger partial charge on any atom is -0.480 e. The molecule has 0 saturated heterocycles. The fourth-order valence-corrected chi connectivity index (χ4v) is 2.34. The highest BCUT2D eigenvalue weighted by Crippen LogP contribution is 2.33. The van der Waals surface area contributed by atoms with Gasteiger partial charge < -0.3 is 15.4 Å². The van der Waals surface area contributed by atoms with Crippen molar-refractivity contribution in [3.8, 4) is 0 Å². The first-order valence-electron chi connectivity index (χ1n) is 6.75. The van der Waals surface area contributed by atoms with Crippen LogP contribution >= 0.6 is 0 Å². The lowest BCUT2D eigenvalue weighted by Gasteiger charge is -2.13. The molecule has 1 aliphatic carbocycles. The summed E-state index contributed by atoms with van der Waals surface area (Å²) in [4.78, 5) is 26.3. The Bertz CT molecular complexity index is 625. The third kappa shape index (κ3) is 2.66. The van der Waals surface area contributed by atoms with Gasteiger partial charge in [0.25, 0.3) is 5.91 Å². The Morgan fingerprint density at radius 3 is 2.75 bits per heavy atom. The van der Waals surface area contributed by atoms with Gasteiger partial charge in [-0.25, -0.2) is 4.79 Å². The average Bonchev–Trinajstić information content (AvgIpc) is 3.13. The van der Waals surface area contributed by atoms with Crippen molar-refractivity contribution in [2.24, 2.45) is 5.92 Å². The number of hydrogen-bond acceptors (Lipinski definition) is 2. The third-order valence-electron chi connectivity index (χ3n) is 3.64. The Labute approximate surface area is 116 Å². The van der Waals surface area contributed by atoms with Crippen LogP contribution in [0.15, 0.2) is 30.3 Å². The number of rotatable bonds is 5. The van der Waals surface area contributed by atoms with E-state index in [1.54, 1.807) is 6.07 Å². The number of para-hydroxylation sites is 1. The minimum absolute atomic E-state index is 0.366. The van der Waals surface area contributed by atoms with Crippen molar-refractivity contribution >= 4 is 22.8 Å².